The highest BCUT2D eigenvalue weighted by Gasteiger charge is 2.25. The zero-order valence-electron chi connectivity index (χ0n) is 13.3. The van der Waals surface area contributed by atoms with E-state index >= 15 is 0 Å². The highest BCUT2D eigenvalue weighted by molar-refractivity contribution is 7.14. The van der Waals surface area contributed by atoms with Crippen LogP contribution in [0.4, 0.5) is 9.93 Å². The molecule has 0 radical (unpaired) electrons. The second-order valence-electron chi connectivity index (χ2n) is 5.15. The Bertz CT molecular complexity index is 659. The van der Waals surface area contributed by atoms with Crippen LogP contribution in [0.1, 0.15) is 25.5 Å². The van der Waals surface area contributed by atoms with E-state index in [4.69, 9.17) is 4.74 Å². The third kappa shape index (κ3) is 4.51. The van der Waals surface area contributed by atoms with Crippen LogP contribution in [0.25, 0.3) is 0 Å². The number of urea groups is 1. The van der Waals surface area contributed by atoms with Crippen LogP contribution in [0, 0.1) is 0 Å². The summed E-state index contributed by atoms with van der Waals surface area (Å²) in [7, 11) is 1.37. The molecule has 1 aliphatic heterocycles. The van der Waals surface area contributed by atoms with Gasteiger partial charge in [0.2, 0.25) is 5.91 Å². The Labute approximate surface area is 142 Å². The van der Waals surface area contributed by atoms with Crippen molar-refractivity contribution in [3.8, 4) is 0 Å². The van der Waals surface area contributed by atoms with E-state index in [2.05, 4.69) is 10.3 Å². The Morgan fingerprint density at radius 1 is 1.46 bits per heavy atom. The van der Waals surface area contributed by atoms with E-state index in [0.717, 1.165) is 6.42 Å². The minimum atomic E-state index is -1.10. The maximum absolute atomic E-state index is 11.9. The van der Waals surface area contributed by atoms with Crippen molar-refractivity contribution in [3.05, 3.63) is 11.1 Å². The van der Waals surface area contributed by atoms with Crippen molar-refractivity contribution in [2.45, 2.75) is 32.3 Å². The van der Waals surface area contributed by atoms with E-state index < -0.39 is 24.0 Å². The first-order valence-electron chi connectivity index (χ1n) is 7.37. The maximum Gasteiger partial charge on any atom is 0.321 e. The van der Waals surface area contributed by atoms with Crippen LogP contribution in [-0.4, -0.2) is 48.5 Å². The zero-order valence-corrected chi connectivity index (χ0v) is 14.1. The van der Waals surface area contributed by atoms with E-state index in [1.54, 1.807) is 10.3 Å². The molecule has 1 saturated heterocycles. The largest absolute Gasteiger partial charge is 0.452 e. The second-order valence-corrected chi connectivity index (χ2v) is 5.98. The average Bonchev–Trinajstić information content (AvgIpc) is 3.15. The van der Waals surface area contributed by atoms with E-state index in [-0.39, 0.29) is 12.3 Å². The molecule has 1 aromatic rings. The van der Waals surface area contributed by atoms with E-state index in [0.29, 0.717) is 23.8 Å². The van der Waals surface area contributed by atoms with Gasteiger partial charge >= 0.3 is 12.0 Å². The van der Waals surface area contributed by atoms with Crippen LogP contribution < -0.4 is 15.5 Å². The van der Waals surface area contributed by atoms with Crippen molar-refractivity contribution < 1.29 is 23.9 Å². The molecular weight excluding hydrogens is 336 g/mol. The fourth-order valence-corrected chi connectivity index (χ4v) is 2.94. The molecule has 4 amide bonds. The van der Waals surface area contributed by atoms with E-state index in [1.807, 2.05) is 5.32 Å². The molecule has 0 bridgehead atoms. The number of aromatic nitrogens is 1. The number of hydrogen-bond donors (Lipinski definition) is 2. The Hall–Kier alpha value is -2.49. The monoisotopic (exact) mass is 354 g/mol. The summed E-state index contributed by atoms with van der Waals surface area (Å²) in [6.45, 7) is 2.00. The van der Waals surface area contributed by atoms with Crippen LogP contribution in [0.2, 0.25) is 0 Å². The van der Waals surface area contributed by atoms with E-state index in [9.17, 15) is 19.2 Å². The first-order valence-corrected chi connectivity index (χ1v) is 8.25. The van der Waals surface area contributed by atoms with Gasteiger partial charge in [0.15, 0.2) is 11.2 Å². The molecule has 0 saturated carbocycles. The Balaban J connectivity index is 1.86. The standard InChI is InChI=1S/C14H18N4O5S/c1-8(12(21)17-13(22)15-2)23-11(20)6-9-7-24-14(16-9)18-5-3-4-10(18)19/h7-8H,3-6H2,1-2H3,(H2,15,17,21,22)/t8-/m0/s1. The number of amides is 4. The van der Waals surface area contributed by atoms with Gasteiger partial charge in [0.05, 0.1) is 12.1 Å². The Kier molecular flexibility index (Phi) is 5.85. The maximum atomic E-state index is 11.9. The molecule has 0 spiro atoms. The van der Waals surface area contributed by atoms with Gasteiger partial charge in [-0.05, 0) is 13.3 Å². The van der Waals surface area contributed by atoms with Crippen molar-refractivity contribution in [2.24, 2.45) is 0 Å². The number of imide groups is 1. The van der Waals surface area contributed by atoms with Gasteiger partial charge in [-0.3, -0.25) is 24.6 Å². The third-order valence-corrected chi connectivity index (χ3v) is 4.22. The van der Waals surface area contributed by atoms with Crippen LogP contribution in [0.5, 0.6) is 0 Å². The number of rotatable bonds is 5. The van der Waals surface area contributed by atoms with Crippen molar-refractivity contribution in [1.29, 1.82) is 0 Å². The third-order valence-electron chi connectivity index (χ3n) is 3.31. The molecule has 1 atom stereocenters. The Morgan fingerprint density at radius 3 is 2.83 bits per heavy atom. The molecular formula is C14H18N4O5S. The molecule has 1 fully saturated rings. The lowest BCUT2D eigenvalue weighted by molar-refractivity contribution is -0.153. The lowest BCUT2D eigenvalue weighted by atomic mass is 10.3. The van der Waals surface area contributed by atoms with Gasteiger partial charge in [0.1, 0.15) is 0 Å². The molecule has 130 valence electrons. The van der Waals surface area contributed by atoms with Crippen LogP contribution in [0.3, 0.4) is 0 Å². The quantitative estimate of drug-likeness (QED) is 0.730. The van der Waals surface area contributed by atoms with Gasteiger partial charge < -0.3 is 10.1 Å². The van der Waals surface area contributed by atoms with Crippen LogP contribution in [0.15, 0.2) is 5.38 Å². The highest BCUT2D eigenvalue weighted by atomic mass is 32.1. The summed E-state index contributed by atoms with van der Waals surface area (Å²) in [4.78, 5) is 52.0. The smallest absolute Gasteiger partial charge is 0.321 e. The number of thiazole rings is 1. The van der Waals surface area contributed by atoms with Gasteiger partial charge in [-0.2, -0.15) is 0 Å². The molecule has 24 heavy (non-hydrogen) atoms. The SMILES string of the molecule is CNC(=O)NC(=O)[C@H](C)OC(=O)Cc1csc(N2CCCC2=O)n1. The molecule has 0 unspecified atom stereocenters. The normalized spacial score (nSPS) is 15.1. The predicted molar refractivity (Wildman–Crippen MR) is 85.6 cm³/mol. The van der Waals surface area contributed by atoms with Gasteiger partial charge in [0.25, 0.3) is 5.91 Å². The summed E-state index contributed by atoms with van der Waals surface area (Å²) in [5.74, 6) is -1.33. The lowest BCUT2D eigenvalue weighted by Gasteiger charge is -2.12. The number of carbonyl (C=O) groups excluding carboxylic acids is 4. The first-order chi connectivity index (χ1) is 11.4. The second kappa shape index (κ2) is 7.86. The van der Waals surface area contributed by atoms with Crippen molar-refractivity contribution in [1.82, 2.24) is 15.6 Å². The van der Waals surface area contributed by atoms with Crippen molar-refractivity contribution in [3.63, 3.8) is 0 Å². The molecule has 0 aliphatic carbocycles. The van der Waals surface area contributed by atoms with Gasteiger partial charge in [-0.25, -0.2) is 9.78 Å². The molecule has 2 N–H and O–H groups in total. The topological polar surface area (TPSA) is 118 Å². The average molecular weight is 354 g/mol. The number of nitrogens with one attached hydrogen (secondary N) is 2. The van der Waals surface area contributed by atoms with Crippen molar-refractivity contribution in [2.75, 3.05) is 18.5 Å². The van der Waals surface area contributed by atoms with Gasteiger partial charge in [-0.15, -0.1) is 11.3 Å². The molecule has 2 rings (SSSR count). The van der Waals surface area contributed by atoms with Gasteiger partial charge in [0, 0.05) is 25.4 Å². The Morgan fingerprint density at radius 2 is 2.21 bits per heavy atom. The van der Waals surface area contributed by atoms with Crippen LogP contribution >= 0.6 is 11.3 Å². The number of carbonyl (C=O) groups is 4. The molecule has 9 nitrogen and oxygen atoms in total. The molecule has 2 heterocycles. The number of anilines is 1. The van der Waals surface area contributed by atoms with E-state index in [1.165, 1.54) is 25.3 Å². The first kappa shape index (κ1) is 17.9. The summed E-state index contributed by atoms with van der Waals surface area (Å²) < 4.78 is 4.97. The lowest BCUT2D eigenvalue weighted by Crippen LogP contribution is -2.43. The summed E-state index contributed by atoms with van der Waals surface area (Å²) in [5, 5.41) is 6.48. The summed E-state index contributed by atoms with van der Waals surface area (Å²) >= 11 is 1.28. The van der Waals surface area contributed by atoms with Crippen LogP contribution in [-0.2, 0) is 25.5 Å². The summed E-state index contributed by atoms with van der Waals surface area (Å²) in [6.07, 6.45) is 0.0896. The molecule has 10 heteroatoms. The number of ether oxygens (including phenoxy) is 1. The summed E-state index contributed by atoms with van der Waals surface area (Å²) in [5.41, 5.74) is 0.471. The fraction of sp³-hybridized carbons (Fsp3) is 0.500. The number of hydrogen-bond acceptors (Lipinski definition) is 7. The highest BCUT2D eigenvalue weighted by Crippen LogP contribution is 2.25. The molecule has 1 aromatic heterocycles. The van der Waals surface area contributed by atoms with Gasteiger partial charge in [-0.1, -0.05) is 0 Å². The molecule has 0 aromatic carbocycles. The minimum absolute atomic E-state index is 0.0259. The number of esters is 1. The number of nitrogens with zero attached hydrogens (tertiary/aromatic N) is 2. The summed E-state index contributed by atoms with van der Waals surface area (Å²) in [6, 6.07) is -0.678. The van der Waals surface area contributed by atoms with Crippen molar-refractivity contribution >= 4 is 40.3 Å². The zero-order chi connectivity index (χ0) is 17.7. The molecule has 1 aliphatic rings. The fourth-order valence-electron chi connectivity index (χ4n) is 2.07. The predicted octanol–water partition coefficient (Wildman–Crippen LogP) is 0.200. The minimum Gasteiger partial charge on any atom is -0.452 e.